The fourth-order valence-electron chi connectivity index (χ4n) is 4.12. The molecule has 0 radical (unpaired) electrons. The van der Waals surface area contributed by atoms with Gasteiger partial charge < -0.3 is 10.6 Å². The zero-order chi connectivity index (χ0) is 24.0. The number of carbonyl (C=O) groups is 1. The number of nitrogens with zero attached hydrogens (tertiary/aromatic N) is 5. The number of aromatic nitrogens is 5. The van der Waals surface area contributed by atoms with Crippen LogP contribution in [0.5, 0.6) is 0 Å². The zero-order valence-electron chi connectivity index (χ0n) is 19.6. The van der Waals surface area contributed by atoms with Gasteiger partial charge in [0.15, 0.2) is 5.82 Å². The predicted octanol–water partition coefficient (Wildman–Crippen LogP) is 3.82. The van der Waals surface area contributed by atoms with Crippen molar-refractivity contribution < 1.29 is 4.79 Å². The van der Waals surface area contributed by atoms with Gasteiger partial charge in [0.05, 0.1) is 16.4 Å². The highest BCUT2D eigenvalue weighted by molar-refractivity contribution is 7.14. The molecule has 1 fully saturated rings. The Bertz CT molecular complexity index is 1320. The van der Waals surface area contributed by atoms with E-state index in [1.807, 2.05) is 43.3 Å². The van der Waals surface area contributed by atoms with Crippen LogP contribution >= 0.6 is 11.3 Å². The molecule has 178 valence electrons. The summed E-state index contributed by atoms with van der Waals surface area (Å²) in [5, 5.41) is 9.30. The molecule has 0 saturated carbocycles. The molecule has 0 aromatic carbocycles. The van der Waals surface area contributed by atoms with E-state index in [0.717, 1.165) is 65.1 Å². The second kappa shape index (κ2) is 10.8. The molecule has 1 amide bonds. The summed E-state index contributed by atoms with van der Waals surface area (Å²) in [4.78, 5) is 35.3. The first-order valence-corrected chi connectivity index (χ1v) is 12.7. The summed E-state index contributed by atoms with van der Waals surface area (Å²) < 4.78 is 0. The second-order valence-corrected chi connectivity index (χ2v) is 9.60. The van der Waals surface area contributed by atoms with E-state index in [0.29, 0.717) is 18.7 Å². The third kappa shape index (κ3) is 6.12. The highest BCUT2D eigenvalue weighted by Crippen LogP contribution is 2.24. The van der Waals surface area contributed by atoms with Gasteiger partial charge in [-0.3, -0.25) is 4.79 Å². The van der Waals surface area contributed by atoms with E-state index in [-0.39, 0.29) is 11.8 Å². The Hall–Kier alpha value is -3.56. The first kappa shape index (κ1) is 23.2. The van der Waals surface area contributed by atoms with Crippen molar-refractivity contribution in [2.24, 2.45) is 5.92 Å². The van der Waals surface area contributed by atoms with Crippen LogP contribution in [0.4, 0.5) is 5.00 Å². The molecule has 4 aromatic heterocycles. The average molecular weight is 486 g/mol. The van der Waals surface area contributed by atoms with Crippen molar-refractivity contribution >= 4 is 22.2 Å². The lowest BCUT2D eigenvalue weighted by Crippen LogP contribution is -2.34. The molecule has 2 N–H and O–H groups in total. The predicted molar refractivity (Wildman–Crippen MR) is 136 cm³/mol. The van der Waals surface area contributed by atoms with Crippen LogP contribution in [0.2, 0.25) is 0 Å². The van der Waals surface area contributed by atoms with Crippen molar-refractivity contribution in [2.75, 3.05) is 18.4 Å². The van der Waals surface area contributed by atoms with Gasteiger partial charge in [-0.15, -0.1) is 11.3 Å². The molecular weight excluding hydrogens is 458 g/mol. The maximum absolute atomic E-state index is 12.5. The zero-order valence-corrected chi connectivity index (χ0v) is 20.4. The van der Waals surface area contributed by atoms with Crippen LogP contribution < -0.4 is 10.6 Å². The first-order chi connectivity index (χ1) is 17.1. The standard InChI is InChI=1S/C26H27N7OS/c1-17-3-2-4-22(30-17)25-29-12-8-21(32-25)15-20-7-11-28-23(31-20)13-18-14-24(35-16-18)33-26(34)19-5-9-27-10-6-19/h2-4,7-8,11-12,14,16,19,27H,5-6,9-10,13,15H2,1H3,(H,33,34). The van der Waals surface area contributed by atoms with Gasteiger partial charge in [-0.1, -0.05) is 6.07 Å². The van der Waals surface area contributed by atoms with E-state index in [9.17, 15) is 4.79 Å². The summed E-state index contributed by atoms with van der Waals surface area (Å²) in [7, 11) is 0. The summed E-state index contributed by atoms with van der Waals surface area (Å²) in [5.41, 5.74) is 4.55. The third-order valence-corrected chi connectivity index (χ3v) is 6.82. The normalized spacial score (nSPS) is 14.1. The number of pyridine rings is 1. The van der Waals surface area contributed by atoms with Gasteiger partial charge in [-0.05, 0) is 74.1 Å². The van der Waals surface area contributed by atoms with Gasteiger partial charge in [0, 0.05) is 36.8 Å². The highest BCUT2D eigenvalue weighted by atomic mass is 32.1. The smallest absolute Gasteiger partial charge is 0.228 e. The van der Waals surface area contributed by atoms with Crippen LogP contribution in [-0.4, -0.2) is 43.9 Å². The molecule has 0 spiro atoms. The van der Waals surface area contributed by atoms with Crippen molar-refractivity contribution in [1.29, 1.82) is 0 Å². The highest BCUT2D eigenvalue weighted by Gasteiger charge is 2.21. The lowest BCUT2D eigenvalue weighted by atomic mass is 9.97. The second-order valence-electron chi connectivity index (χ2n) is 8.69. The topological polar surface area (TPSA) is 106 Å². The number of aryl methyl sites for hydroxylation is 1. The van der Waals surface area contributed by atoms with Crippen molar-refractivity contribution in [2.45, 2.75) is 32.6 Å². The maximum Gasteiger partial charge on any atom is 0.228 e. The van der Waals surface area contributed by atoms with Crippen LogP contribution in [0.15, 0.2) is 54.2 Å². The molecule has 9 heteroatoms. The summed E-state index contributed by atoms with van der Waals surface area (Å²) in [5.74, 6) is 1.55. The van der Waals surface area contributed by atoms with Crippen LogP contribution in [0.3, 0.4) is 0 Å². The van der Waals surface area contributed by atoms with Crippen LogP contribution in [-0.2, 0) is 17.6 Å². The quantitative estimate of drug-likeness (QED) is 0.410. The lowest BCUT2D eigenvalue weighted by Gasteiger charge is -2.21. The Morgan fingerprint density at radius 2 is 1.83 bits per heavy atom. The monoisotopic (exact) mass is 485 g/mol. The number of nitrogens with one attached hydrogen (secondary N) is 2. The van der Waals surface area contributed by atoms with Gasteiger partial charge in [0.2, 0.25) is 5.91 Å². The lowest BCUT2D eigenvalue weighted by molar-refractivity contribution is -0.120. The minimum atomic E-state index is 0.0887. The fraction of sp³-hybridized carbons (Fsp3) is 0.308. The number of anilines is 1. The Morgan fingerprint density at radius 1 is 1.03 bits per heavy atom. The Kier molecular flexibility index (Phi) is 7.15. The molecule has 35 heavy (non-hydrogen) atoms. The summed E-state index contributed by atoms with van der Waals surface area (Å²) >= 11 is 1.54. The van der Waals surface area contributed by atoms with Gasteiger partial charge in [-0.25, -0.2) is 24.9 Å². The van der Waals surface area contributed by atoms with Crippen LogP contribution in [0.1, 0.15) is 41.3 Å². The van der Waals surface area contributed by atoms with Gasteiger partial charge in [0.25, 0.3) is 0 Å². The Labute approximate surface area is 208 Å². The molecule has 8 nitrogen and oxygen atoms in total. The number of thiophene rings is 1. The van der Waals surface area contributed by atoms with Gasteiger partial charge >= 0.3 is 0 Å². The molecule has 0 aliphatic carbocycles. The number of piperidine rings is 1. The molecule has 1 aliphatic heterocycles. The van der Waals surface area contributed by atoms with Crippen molar-refractivity contribution in [1.82, 2.24) is 30.2 Å². The fourth-order valence-corrected chi connectivity index (χ4v) is 4.93. The van der Waals surface area contributed by atoms with E-state index in [1.165, 1.54) is 0 Å². The molecule has 1 saturated heterocycles. The van der Waals surface area contributed by atoms with Crippen molar-refractivity contribution in [3.8, 4) is 11.5 Å². The number of hydrogen-bond donors (Lipinski definition) is 2. The Morgan fingerprint density at radius 3 is 2.66 bits per heavy atom. The largest absolute Gasteiger partial charge is 0.317 e. The van der Waals surface area contributed by atoms with Crippen LogP contribution in [0.25, 0.3) is 11.5 Å². The molecule has 4 aromatic rings. The molecule has 5 heterocycles. The molecule has 1 aliphatic rings. The number of amides is 1. The maximum atomic E-state index is 12.5. The average Bonchev–Trinajstić information content (AvgIpc) is 3.31. The van der Waals surface area contributed by atoms with Crippen LogP contribution in [0, 0.1) is 12.8 Å². The number of carbonyl (C=O) groups excluding carboxylic acids is 1. The molecule has 5 rings (SSSR count). The van der Waals surface area contributed by atoms with Crippen molar-refractivity contribution in [3.05, 3.63) is 82.6 Å². The van der Waals surface area contributed by atoms with Crippen molar-refractivity contribution in [3.63, 3.8) is 0 Å². The van der Waals surface area contributed by atoms with E-state index in [1.54, 1.807) is 23.7 Å². The number of hydrogen-bond acceptors (Lipinski definition) is 8. The minimum absolute atomic E-state index is 0.0887. The summed E-state index contributed by atoms with van der Waals surface area (Å²) in [6.45, 7) is 3.76. The molecule has 0 bridgehead atoms. The van der Waals surface area contributed by atoms with E-state index < -0.39 is 0 Å². The molecule has 0 unspecified atom stereocenters. The molecular formula is C26H27N7OS. The van der Waals surface area contributed by atoms with E-state index in [2.05, 4.69) is 35.9 Å². The summed E-state index contributed by atoms with van der Waals surface area (Å²) in [6.07, 6.45) is 6.51. The SMILES string of the molecule is Cc1cccc(-c2nccc(Cc3ccnc(Cc4csc(NC(=O)C5CCNCC5)c4)n3)n2)n1. The van der Waals surface area contributed by atoms with Gasteiger partial charge in [-0.2, -0.15) is 0 Å². The van der Waals surface area contributed by atoms with Gasteiger partial charge in [0.1, 0.15) is 11.5 Å². The first-order valence-electron chi connectivity index (χ1n) is 11.8. The molecule has 0 atom stereocenters. The Balaban J connectivity index is 1.23. The number of rotatable bonds is 7. The minimum Gasteiger partial charge on any atom is -0.317 e. The summed E-state index contributed by atoms with van der Waals surface area (Å²) in [6, 6.07) is 11.7. The van der Waals surface area contributed by atoms with E-state index >= 15 is 0 Å². The third-order valence-electron chi connectivity index (χ3n) is 5.93. The van der Waals surface area contributed by atoms with E-state index in [4.69, 9.17) is 4.98 Å².